The Hall–Kier alpha value is -2.53. The molecule has 0 aliphatic rings. The number of fused-ring (bicyclic) bond motifs is 1. The van der Waals surface area contributed by atoms with Crippen molar-refractivity contribution < 1.29 is 9.21 Å². The molecule has 0 unspecified atom stereocenters. The van der Waals surface area contributed by atoms with Gasteiger partial charge in [-0.05, 0) is 36.2 Å². The molecule has 2 aromatic carbocycles. The van der Waals surface area contributed by atoms with Gasteiger partial charge in [-0.2, -0.15) is 0 Å². The fourth-order valence-corrected chi connectivity index (χ4v) is 2.64. The topological polar surface area (TPSA) is 64.2 Å². The van der Waals surface area contributed by atoms with Gasteiger partial charge in [0.2, 0.25) is 5.91 Å². The van der Waals surface area contributed by atoms with Gasteiger partial charge >= 0.3 is 5.76 Å². The number of para-hydroxylation sites is 1. The highest BCUT2D eigenvalue weighted by atomic mass is 35.5. The van der Waals surface area contributed by atoms with Crippen molar-refractivity contribution in [2.24, 2.45) is 0 Å². The molecule has 0 saturated heterocycles. The normalized spacial score (nSPS) is 10.9. The Labute approximate surface area is 137 Å². The highest BCUT2D eigenvalue weighted by molar-refractivity contribution is 6.31. The third-order valence-electron chi connectivity index (χ3n) is 3.60. The Bertz CT molecular complexity index is 927. The van der Waals surface area contributed by atoms with Crippen LogP contribution in [-0.4, -0.2) is 10.5 Å². The van der Waals surface area contributed by atoms with E-state index in [1.807, 2.05) is 31.2 Å². The van der Waals surface area contributed by atoms with E-state index in [0.29, 0.717) is 16.1 Å². The molecule has 0 saturated carbocycles. The average molecular weight is 331 g/mol. The Morgan fingerprint density at radius 1 is 1.26 bits per heavy atom. The van der Waals surface area contributed by atoms with E-state index >= 15 is 0 Å². The SMILES string of the molecule is CCc1ccccc1NC(=O)Cn1c(=O)oc2ccc(Cl)cc21. The van der Waals surface area contributed by atoms with Crippen LogP contribution in [0.25, 0.3) is 11.1 Å². The molecule has 0 fully saturated rings. The lowest BCUT2D eigenvalue weighted by Crippen LogP contribution is -2.25. The van der Waals surface area contributed by atoms with Crippen LogP contribution in [0.1, 0.15) is 12.5 Å². The highest BCUT2D eigenvalue weighted by Gasteiger charge is 2.14. The molecule has 3 aromatic rings. The molecule has 23 heavy (non-hydrogen) atoms. The molecule has 5 nitrogen and oxygen atoms in total. The van der Waals surface area contributed by atoms with Gasteiger partial charge < -0.3 is 9.73 Å². The van der Waals surface area contributed by atoms with E-state index in [2.05, 4.69) is 5.32 Å². The summed E-state index contributed by atoms with van der Waals surface area (Å²) in [5.41, 5.74) is 2.69. The van der Waals surface area contributed by atoms with Gasteiger partial charge in [0.25, 0.3) is 0 Å². The van der Waals surface area contributed by atoms with E-state index in [1.165, 1.54) is 4.57 Å². The van der Waals surface area contributed by atoms with Crippen LogP contribution in [0.3, 0.4) is 0 Å². The molecule has 0 spiro atoms. The summed E-state index contributed by atoms with van der Waals surface area (Å²) < 4.78 is 6.39. The summed E-state index contributed by atoms with van der Waals surface area (Å²) in [4.78, 5) is 24.2. The number of benzene rings is 2. The third-order valence-corrected chi connectivity index (χ3v) is 3.84. The number of halogens is 1. The molecule has 0 bridgehead atoms. The zero-order valence-corrected chi connectivity index (χ0v) is 13.3. The Morgan fingerprint density at radius 3 is 2.83 bits per heavy atom. The zero-order chi connectivity index (χ0) is 16.4. The molecule has 1 N–H and O–H groups in total. The number of amides is 1. The van der Waals surface area contributed by atoms with E-state index in [-0.39, 0.29) is 12.5 Å². The van der Waals surface area contributed by atoms with Gasteiger partial charge in [0, 0.05) is 10.7 Å². The van der Waals surface area contributed by atoms with E-state index < -0.39 is 5.76 Å². The minimum absolute atomic E-state index is 0.135. The minimum Gasteiger partial charge on any atom is -0.408 e. The first kappa shape index (κ1) is 15.4. The number of carbonyl (C=O) groups is 1. The number of hydrogen-bond acceptors (Lipinski definition) is 3. The maximum Gasteiger partial charge on any atom is 0.420 e. The van der Waals surface area contributed by atoms with Gasteiger partial charge in [-0.1, -0.05) is 36.7 Å². The standard InChI is InChI=1S/C17H15ClN2O3/c1-2-11-5-3-4-6-13(11)19-16(21)10-20-14-9-12(18)7-8-15(14)23-17(20)22/h3-9H,2,10H2,1H3,(H,19,21). The average Bonchev–Trinajstić information content (AvgIpc) is 2.83. The van der Waals surface area contributed by atoms with Crippen molar-refractivity contribution in [3.63, 3.8) is 0 Å². The first-order valence-corrected chi connectivity index (χ1v) is 7.63. The maximum atomic E-state index is 12.3. The zero-order valence-electron chi connectivity index (χ0n) is 12.5. The molecule has 0 aliphatic carbocycles. The minimum atomic E-state index is -0.582. The number of rotatable bonds is 4. The molecule has 1 amide bonds. The number of aromatic nitrogens is 1. The van der Waals surface area contributed by atoms with Gasteiger partial charge in [0.15, 0.2) is 5.58 Å². The second-order valence-electron chi connectivity index (χ2n) is 5.13. The Morgan fingerprint density at radius 2 is 2.04 bits per heavy atom. The van der Waals surface area contributed by atoms with Crippen LogP contribution in [-0.2, 0) is 17.8 Å². The van der Waals surface area contributed by atoms with Gasteiger partial charge in [-0.3, -0.25) is 9.36 Å². The quantitative estimate of drug-likeness (QED) is 0.797. The van der Waals surface area contributed by atoms with Crippen LogP contribution in [0.5, 0.6) is 0 Å². The lowest BCUT2D eigenvalue weighted by atomic mass is 10.1. The fraction of sp³-hybridized carbons (Fsp3) is 0.176. The smallest absolute Gasteiger partial charge is 0.408 e. The lowest BCUT2D eigenvalue weighted by molar-refractivity contribution is -0.116. The number of anilines is 1. The van der Waals surface area contributed by atoms with Crippen LogP contribution in [0, 0.1) is 0 Å². The predicted octanol–water partition coefficient (Wildman–Crippen LogP) is 3.45. The monoisotopic (exact) mass is 330 g/mol. The van der Waals surface area contributed by atoms with E-state index in [0.717, 1.165) is 17.7 Å². The van der Waals surface area contributed by atoms with Crippen LogP contribution in [0.4, 0.5) is 5.69 Å². The van der Waals surface area contributed by atoms with E-state index in [1.54, 1.807) is 18.2 Å². The molecular formula is C17H15ClN2O3. The van der Waals surface area contributed by atoms with Gasteiger partial charge in [-0.15, -0.1) is 0 Å². The van der Waals surface area contributed by atoms with Crippen LogP contribution in [0.15, 0.2) is 51.7 Å². The number of nitrogens with zero attached hydrogens (tertiary/aromatic N) is 1. The molecule has 6 heteroatoms. The van der Waals surface area contributed by atoms with Crippen molar-refractivity contribution in [2.45, 2.75) is 19.9 Å². The summed E-state index contributed by atoms with van der Waals surface area (Å²) in [6, 6.07) is 12.4. The van der Waals surface area contributed by atoms with Crippen LogP contribution >= 0.6 is 11.6 Å². The fourth-order valence-electron chi connectivity index (χ4n) is 2.47. The predicted molar refractivity (Wildman–Crippen MR) is 89.9 cm³/mol. The molecule has 0 atom stereocenters. The maximum absolute atomic E-state index is 12.3. The van der Waals surface area contributed by atoms with Gasteiger partial charge in [-0.25, -0.2) is 4.79 Å². The molecule has 1 aromatic heterocycles. The molecule has 118 valence electrons. The molecule has 0 aliphatic heterocycles. The number of oxazole rings is 1. The number of carbonyl (C=O) groups excluding carboxylic acids is 1. The third kappa shape index (κ3) is 3.14. The highest BCUT2D eigenvalue weighted by Crippen LogP contribution is 2.19. The number of nitrogens with one attached hydrogen (secondary N) is 1. The van der Waals surface area contributed by atoms with Gasteiger partial charge in [0.05, 0.1) is 5.52 Å². The van der Waals surface area contributed by atoms with Gasteiger partial charge in [0.1, 0.15) is 6.54 Å². The van der Waals surface area contributed by atoms with E-state index in [9.17, 15) is 9.59 Å². The van der Waals surface area contributed by atoms with Crippen molar-refractivity contribution in [2.75, 3.05) is 5.32 Å². The summed E-state index contributed by atoms with van der Waals surface area (Å²) in [5, 5.41) is 3.31. The molecule has 3 rings (SSSR count). The van der Waals surface area contributed by atoms with Crippen LogP contribution < -0.4 is 11.1 Å². The lowest BCUT2D eigenvalue weighted by Gasteiger charge is -2.09. The summed E-state index contributed by atoms with van der Waals surface area (Å²) in [5.74, 6) is -0.878. The van der Waals surface area contributed by atoms with Crippen molar-refractivity contribution >= 4 is 34.3 Å². The van der Waals surface area contributed by atoms with Crippen molar-refractivity contribution in [1.29, 1.82) is 0 Å². The largest absolute Gasteiger partial charge is 0.420 e. The molecule has 0 radical (unpaired) electrons. The Kier molecular flexibility index (Phi) is 4.21. The first-order chi connectivity index (χ1) is 11.1. The summed E-state index contributed by atoms with van der Waals surface area (Å²) in [6.45, 7) is 1.88. The summed E-state index contributed by atoms with van der Waals surface area (Å²) in [6.07, 6.45) is 0.806. The van der Waals surface area contributed by atoms with Crippen molar-refractivity contribution in [1.82, 2.24) is 4.57 Å². The second-order valence-corrected chi connectivity index (χ2v) is 5.56. The van der Waals surface area contributed by atoms with Crippen molar-refractivity contribution in [3.8, 4) is 0 Å². The summed E-state index contributed by atoms with van der Waals surface area (Å²) in [7, 11) is 0. The Balaban J connectivity index is 1.87. The summed E-state index contributed by atoms with van der Waals surface area (Å²) >= 11 is 5.95. The second kappa shape index (κ2) is 6.30. The molecule has 1 heterocycles. The molecular weight excluding hydrogens is 316 g/mol. The van der Waals surface area contributed by atoms with E-state index in [4.69, 9.17) is 16.0 Å². The first-order valence-electron chi connectivity index (χ1n) is 7.25. The number of hydrogen-bond donors (Lipinski definition) is 1. The van der Waals surface area contributed by atoms with Crippen molar-refractivity contribution in [3.05, 3.63) is 63.6 Å². The number of aryl methyl sites for hydroxylation is 1. The van der Waals surface area contributed by atoms with Crippen LogP contribution in [0.2, 0.25) is 5.02 Å².